The van der Waals surface area contributed by atoms with Crippen LogP contribution in [-0.2, 0) is 6.61 Å². The Bertz CT molecular complexity index is 538. The first-order valence-electron chi connectivity index (χ1n) is 6.55. The minimum absolute atomic E-state index is 0.460. The molecule has 100 valence electrons. The number of nitrogens with one attached hydrogen (secondary N) is 1. The van der Waals surface area contributed by atoms with E-state index in [0.717, 1.165) is 17.1 Å². The van der Waals surface area contributed by atoms with E-state index in [-0.39, 0.29) is 0 Å². The van der Waals surface area contributed by atoms with E-state index in [1.54, 1.807) is 6.20 Å². The molecule has 3 nitrogen and oxygen atoms in total. The van der Waals surface area contributed by atoms with Crippen molar-refractivity contribution in [2.45, 2.75) is 26.4 Å². The van der Waals surface area contributed by atoms with Gasteiger partial charge in [0, 0.05) is 13.2 Å². The van der Waals surface area contributed by atoms with E-state index in [4.69, 9.17) is 4.74 Å². The van der Waals surface area contributed by atoms with Crippen LogP contribution in [0.4, 0.5) is 5.82 Å². The third-order valence-corrected chi connectivity index (χ3v) is 3.02. The van der Waals surface area contributed by atoms with Crippen molar-refractivity contribution >= 4 is 5.82 Å². The smallest absolute Gasteiger partial charge is 0.126 e. The molecule has 3 heteroatoms. The van der Waals surface area contributed by atoms with E-state index < -0.39 is 0 Å². The van der Waals surface area contributed by atoms with Gasteiger partial charge >= 0.3 is 0 Å². The molecule has 0 atom stereocenters. The zero-order valence-electron chi connectivity index (χ0n) is 11.7. The molecule has 0 fully saturated rings. The lowest BCUT2D eigenvalue weighted by molar-refractivity contribution is 0.302. The van der Waals surface area contributed by atoms with Crippen LogP contribution in [0.25, 0.3) is 0 Å². The van der Waals surface area contributed by atoms with E-state index in [9.17, 15) is 0 Å². The van der Waals surface area contributed by atoms with Crippen molar-refractivity contribution in [3.8, 4) is 5.75 Å². The summed E-state index contributed by atoms with van der Waals surface area (Å²) >= 11 is 0. The lowest BCUT2D eigenvalue weighted by Gasteiger charge is -2.14. The Morgan fingerprint density at radius 3 is 2.74 bits per heavy atom. The highest BCUT2D eigenvalue weighted by molar-refractivity contribution is 5.38. The molecular formula is C16H20N2O. The minimum atomic E-state index is 0.460. The van der Waals surface area contributed by atoms with Gasteiger partial charge in [-0.1, -0.05) is 32.0 Å². The second kappa shape index (κ2) is 6.23. The highest BCUT2D eigenvalue weighted by atomic mass is 16.5. The van der Waals surface area contributed by atoms with Crippen molar-refractivity contribution < 1.29 is 4.74 Å². The summed E-state index contributed by atoms with van der Waals surface area (Å²) in [6.07, 6.45) is 1.79. The van der Waals surface area contributed by atoms with Crippen molar-refractivity contribution in [1.29, 1.82) is 0 Å². The fraction of sp³-hybridized carbons (Fsp3) is 0.312. The van der Waals surface area contributed by atoms with Crippen LogP contribution in [0.5, 0.6) is 5.75 Å². The summed E-state index contributed by atoms with van der Waals surface area (Å²) in [4.78, 5) is 4.19. The third kappa shape index (κ3) is 3.47. The van der Waals surface area contributed by atoms with Gasteiger partial charge in [-0.2, -0.15) is 0 Å². The van der Waals surface area contributed by atoms with Gasteiger partial charge in [-0.15, -0.1) is 0 Å². The molecule has 1 aromatic carbocycles. The number of pyridine rings is 1. The SMILES string of the molecule is CNc1cc(COc2ccccc2C(C)C)ccn1. The van der Waals surface area contributed by atoms with Crippen molar-refractivity contribution in [1.82, 2.24) is 4.98 Å². The predicted octanol–water partition coefficient (Wildman–Crippen LogP) is 3.83. The van der Waals surface area contributed by atoms with E-state index >= 15 is 0 Å². The molecule has 19 heavy (non-hydrogen) atoms. The van der Waals surface area contributed by atoms with Gasteiger partial charge < -0.3 is 10.1 Å². The number of hydrogen-bond donors (Lipinski definition) is 1. The van der Waals surface area contributed by atoms with Crippen molar-refractivity contribution in [2.24, 2.45) is 0 Å². The molecule has 1 heterocycles. The Kier molecular flexibility index (Phi) is 4.39. The van der Waals surface area contributed by atoms with Crippen LogP contribution in [0.15, 0.2) is 42.6 Å². The summed E-state index contributed by atoms with van der Waals surface area (Å²) in [5, 5.41) is 3.03. The second-order valence-electron chi connectivity index (χ2n) is 4.78. The van der Waals surface area contributed by atoms with Crippen molar-refractivity contribution in [3.63, 3.8) is 0 Å². The molecule has 0 saturated heterocycles. The average molecular weight is 256 g/mol. The lowest BCUT2D eigenvalue weighted by Crippen LogP contribution is -2.01. The van der Waals surface area contributed by atoms with Crippen molar-refractivity contribution in [2.75, 3.05) is 12.4 Å². The topological polar surface area (TPSA) is 34.1 Å². The normalized spacial score (nSPS) is 10.5. The van der Waals surface area contributed by atoms with Gasteiger partial charge in [0.05, 0.1) is 0 Å². The van der Waals surface area contributed by atoms with Crippen LogP contribution in [0.1, 0.15) is 30.9 Å². The summed E-state index contributed by atoms with van der Waals surface area (Å²) in [6.45, 7) is 4.91. The van der Waals surface area contributed by atoms with Gasteiger partial charge in [0.2, 0.25) is 0 Å². The number of anilines is 1. The number of ether oxygens (including phenoxy) is 1. The molecule has 0 aliphatic heterocycles. The molecule has 0 spiro atoms. The number of para-hydroxylation sites is 1. The number of aromatic nitrogens is 1. The van der Waals surface area contributed by atoms with E-state index in [2.05, 4.69) is 30.2 Å². The molecule has 0 saturated carbocycles. The maximum absolute atomic E-state index is 5.93. The fourth-order valence-electron chi connectivity index (χ4n) is 1.95. The summed E-state index contributed by atoms with van der Waals surface area (Å²) in [7, 11) is 1.86. The first-order valence-corrected chi connectivity index (χ1v) is 6.55. The van der Waals surface area contributed by atoms with Gasteiger partial charge in [0.15, 0.2) is 0 Å². The molecule has 0 unspecified atom stereocenters. The molecule has 1 aromatic heterocycles. The molecule has 0 bridgehead atoms. The number of nitrogens with zero attached hydrogens (tertiary/aromatic N) is 1. The lowest BCUT2D eigenvalue weighted by atomic mass is 10.0. The highest BCUT2D eigenvalue weighted by Crippen LogP contribution is 2.26. The first-order chi connectivity index (χ1) is 9.20. The summed E-state index contributed by atoms with van der Waals surface area (Å²) in [5.74, 6) is 2.28. The van der Waals surface area contributed by atoms with E-state index in [1.165, 1.54) is 5.56 Å². The molecule has 0 amide bonds. The summed E-state index contributed by atoms with van der Waals surface area (Å²) < 4.78 is 5.93. The standard InChI is InChI=1S/C16H20N2O/c1-12(2)14-6-4-5-7-15(14)19-11-13-8-9-18-16(10-13)17-3/h4-10,12H,11H2,1-3H3,(H,17,18). The molecule has 0 aliphatic rings. The van der Waals surface area contributed by atoms with Crippen LogP contribution in [0.3, 0.4) is 0 Å². The molecule has 1 N–H and O–H groups in total. The molecular weight excluding hydrogens is 236 g/mol. The Balaban J connectivity index is 2.10. The Labute approximate surface area is 114 Å². The third-order valence-electron chi connectivity index (χ3n) is 3.02. The zero-order valence-corrected chi connectivity index (χ0v) is 11.7. The molecule has 0 aliphatic carbocycles. The van der Waals surface area contributed by atoms with Crippen LogP contribution in [0, 0.1) is 0 Å². The fourth-order valence-corrected chi connectivity index (χ4v) is 1.95. The van der Waals surface area contributed by atoms with Gasteiger partial charge in [0.1, 0.15) is 18.2 Å². The molecule has 0 radical (unpaired) electrons. The van der Waals surface area contributed by atoms with Gasteiger partial charge in [0.25, 0.3) is 0 Å². The van der Waals surface area contributed by atoms with Crippen molar-refractivity contribution in [3.05, 3.63) is 53.7 Å². The maximum atomic E-state index is 5.93. The van der Waals surface area contributed by atoms with Crippen LogP contribution in [-0.4, -0.2) is 12.0 Å². The first kappa shape index (κ1) is 13.4. The maximum Gasteiger partial charge on any atom is 0.126 e. The van der Waals surface area contributed by atoms with Gasteiger partial charge in [-0.25, -0.2) is 4.98 Å². The summed E-state index contributed by atoms with van der Waals surface area (Å²) in [5.41, 5.74) is 2.35. The van der Waals surface area contributed by atoms with Gasteiger partial charge in [-0.3, -0.25) is 0 Å². The quantitative estimate of drug-likeness (QED) is 0.883. The Morgan fingerprint density at radius 1 is 1.21 bits per heavy atom. The number of hydrogen-bond acceptors (Lipinski definition) is 3. The number of rotatable bonds is 5. The monoisotopic (exact) mass is 256 g/mol. The van der Waals surface area contributed by atoms with Crippen LogP contribution >= 0.6 is 0 Å². The minimum Gasteiger partial charge on any atom is -0.489 e. The largest absolute Gasteiger partial charge is 0.489 e. The Morgan fingerprint density at radius 2 is 2.00 bits per heavy atom. The Hall–Kier alpha value is -2.03. The molecule has 2 rings (SSSR count). The van der Waals surface area contributed by atoms with E-state index in [0.29, 0.717) is 12.5 Å². The number of benzene rings is 1. The highest BCUT2D eigenvalue weighted by Gasteiger charge is 2.07. The summed E-state index contributed by atoms with van der Waals surface area (Å²) in [6, 6.07) is 12.2. The van der Waals surface area contributed by atoms with Crippen LogP contribution in [0.2, 0.25) is 0 Å². The zero-order chi connectivity index (χ0) is 13.7. The van der Waals surface area contributed by atoms with Gasteiger partial charge in [-0.05, 0) is 35.2 Å². The second-order valence-corrected chi connectivity index (χ2v) is 4.78. The predicted molar refractivity (Wildman–Crippen MR) is 78.6 cm³/mol. The average Bonchev–Trinajstić information content (AvgIpc) is 2.45. The van der Waals surface area contributed by atoms with E-state index in [1.807, 2.05) is 37.4 Å². The van der Waals surface area contributed by atoms with Crippen LogP contribution < -0.4 is 10.1 Å². The molecule has 2 aromatic rings.